The molecule has 5 rings (SSSR count). The van der Waals surface area contributed by atoms with Crippen LogP contribution in [-0.2, 0) is 10.0 Å². The van der Waals surface area contributed by atoms with Crippen LogP contribution in [0.2, 0.25) is 0 Å². The molecule has 12 heteroatoms. The smallest absolute Gasteiger partial charge is 0.240 e. The van der Waals surface area contributed by atoms with Crippen LogP contribution in [0.3, 0.4) is 0 Å². The Morgan fingerprint density at radius 2 is 1.57 bits per heavy atom. The standard InChI is InChI=1S/C15H16N4OS.C9H13NO2S.C8H10O2/c1-10(2)19-17-13(11-4-6-12(20-3)7-5-11)14(18-19)15-16-8-9-21-15;1-8(2)10-13(11,12)9-6-4-3-5-7-9;1-6(2)8(9)7-4-3-5-10-7/h4-10H,1-3H3;3-8,10H,1-2H3;3-6H,1-2H3. The van der Waals surface area contributed by atoms with Gasteiger partial charge in [0.1, 0.15) is 22.1 Å². The lowest BCUT2D eigenvalue weighted by molar-refractivity contribution is 0.0911. The van der Waals surface area contributed by atoms with Gasteiger partial charge in [0.15, 0.2) is 11.5 Å². The lowest BCUT2D eigenvalue weighted by atomic mass is 10.1. The molecule has 0 aliphatic carbocycles. The van der Waals surface area contributed by atoms with Gasteiger partial charge in [-0.3, -0.25) is 4.79 Å². The first-order valence-corrected chi connectivity index (χ1v) is 16.4. The summed E-state index contributed by atoms with van der Waals surface area (Å²) in [5.41, 5.74) is 2.68. The zero-order valence-electron chi connectivity index (χ0n) is 26.0. The van der Waals surface area contributed by atoms with Crippen molar-refractivity contribution in [2.75, 3.05) is 7.11 Å². The van der Waals surface area contributed by atoms with Crippen molar-refractivity contribution in [3.8, 4) is 27.7 Å². The van der Waals surface area contributed by atoms with Crippen LogP contribution in [0.4, 0.5) is 0 Å². The Kier molecular flexibility index (Phi) is 12.6. The molecule has 5 aromatic rings. The van der Waals surface area contributed by atoms with Gasteiger partial charge in [0.2, 0.25) is 10.0 Å². The number of ether oxygens (including phenoxy) is 1. The topological polar surface area (TPSA) is 129 Å². The van der Waals surface area contributed by atoms with Crippen LogP contribution in [-0.4, -0.2) is 47.3 Å². The third-order valence-corrected chi connectivity index (χ3v) is 8.28. The summed E-state index contributed by atoms with van der Waals surface area (Å²) < 4.78 is 35.7. The first-order chi connectivity index (χ1) is 20.9. The number of hydrogen-bond acceptors (Lipinski definition) is 9. The number of methoxy groups -OCH3 is 1. The molecule has 0 saturated heterocycles. The second kappa shape index (κ2) is 16.1. The highest BCUT2D eigenvalue weighted by atomic mass is 32.2. The molecular weight excluding hydrogens is 599 g/mol. The highest BCUT2D eigenvalue weighted by Crippen LogP contribution is 2.31. The summed E-state index contributed by atoms with van der Waals surface area (Å²) in [6.07, 6.45) is 3.29. The van der Waals surface area contributed by atoms with Crippen molar-refractivity contribution >= 4 is 27.1 Å². The fourth-order valence-electron chi connectivity index (χ4n) is 3.66. The van der Waals surface area contributed by atoms with Crippen molar-refractivity contribution < 1.29 is 22.4 Å². The number of Topliss-reactive ketones (excluding diaryl/α,β-unsaturated/α-hetero) is 1. The number of sulfonamides is 1. The SMILES string of the molecule is CC(C)C(=O)c1ccco1.CC(C)NS(=O)(=O)c1ccccc1.COc1ccc(-c2nn(C(C)C)nc2-c2nccs2)cc1. The van der Waals surface area contributed by atoms with Gasteiger partial charge in [0.25, 0.3) is 0 Å². The second-order valence-electron chi connectivity index (χ2n) is 10.5. The number of carbonyl (C=O) groups is 1. The number of ketones is 1. The minimum atomic E-state index is -3.31. The first-order valence-electron chi connectivity index (χ1n) is 14.1. The molecular formula is C32H39N5O5S2. The third-order valence-electron chi connectivity index (χ3n) is 5.82. The minimum absolute atomic E-state index is 0.0196. The molecule has 10 nitrogen and oxygen atoms in total. The van der Waals surface area contributed by atoms with E-state index in [0.29, 0.717) is 10.7 Å². The van der Waals surface area contributed by atoms with E-state index in [1.54, 1.807) is 85.8 Å². The molecule has 1 N–H and O–H groups in total. The first kappa shape index (κ1) is 34.4. The Hall–Kier alpha value is -4.13. The molecule has 0 atom stereocenters. The van der Waals surface area contributed by atoms with E-state index in [1.807, 2.05) is 43.5 Å². The fourth-order valence-corrected chi connectivity index (χ4v) is 5.56. The maximum absolute atomic E-state index is 11.5. The predicted octanol–water partition coefficient (Wildman–Crippen LogP) is 7.15. The highest BCUT2D eigenvalue weighted by Gasteiger charge is 2.18. The van der Waals surface area contributed by atoms with E-state index in [1.165, 1.54) is 6.26 Å². The van der Waals surface area contributed by atoms with Crippen LogP contribution in [0, 0.1) is 5.92 Å². The van der Waals surface area contributed by atoms with Crippen molar-refractivity contribution in [2.45, 2.75) is 58.5 Å². The number of hydrogen-bond donors (Lipinski definition) is 1. The number of benzene rings is 2. The molecule has 0 radical (unpaired) electrons. The molecule has 0 aliphatic rings. The van der Waals surface area contributed by atoms with Crippen LogP contribution < -0.4 is 9.46 Å². The van der Waals surface area contributed by atoms with E-state index in [9.17, 15) is 13.2 Å². The van der Waals surface area contributed by atoms with Crippen molar-refractivity contribution in [3.63, 3.8) is 0 Å². The van der Waals surface area contributed by atoms with Gasteiger partial charge >= 0.3 is 0 Å². The molecule has 3 aromatic heterocycles. The summed E-state index contributed by atoms with van der Waals surface area (Å²) in [6, 6.07) is 19.7. The summed E-state index contributed by atoms with van der Waals surface area (Å²) in [5.74, 6) is 1.36. The van der Waals surface area contributed by atoms with Crippen molar-refractivity contribution in [1.82, 2.24) is 24.7 Å². The number of rotatable bonds is 9. The lowest BCUT2D eigenvalue weighted by Crippen LogP contribution is -2.30. The van der Waals surface area contributed by atoms with Crippen molar-refractivity contribution in [3.05, 3.63) is 90.3 Å². The van der Waals surface area contributed by atoms with Crippen molar-refractivity contribution in [2.24, 2.45) is 5.92 Å². The number of nitrogens with zero attached hydrogens (tertiary/aromatic N) is 4. The maximum Gasteiger partial charge on any atom is 0.240 e. The molecule has 0 aliphatic heterocycles. The van der Waals surface area contributed by atoms with Gasteiger partial charge in [-0.05, 0) is 76.2 Å². The van der Waals surface area contributed by atoms with E-state index >= 15 is 0 Å². The number of aromatic nitrogens is 4. The van der Waals surface area contributed by atoms with Gasteiger partial charge in [-0.1, -0.05) is 32.0 Å². The molecule has 0 amide bonds. The number of nitrogens with one attached hydrogen (secondary N) is 1. The molecule has 3 heterocycles. The van der Waals surface area contributed by atoms with Gasteiger partial charge < -0.3 is 9.15 Å². The number of thiazole rings is 1. The quantitative estimate of drug-likeness (QED) is 0.169. The minimum Gasteiger partial charge on any atom is -0.497 e. The van der Waals surface area contributed by atoms with E-state index in [-0.39, 0.29) is 23.8 Å². The van der Waals surface area contributed by atoms with Crippen LogP contribution in [0.15, 0.2) is 93.9 Å². The average molecular weight is 638 g/mol. The summed E-state index contributed by atoms with van der Waals surface area (Å²) in [4.78, 5) is 17.5. The molecule has 0 spiro atoms. The Morgan fingerprint density at radius 3 is 2.07 bits per heavy atom. The summed E-state index contributed by atoms with van der Waals surface area (Å²) in [5, 5.41) is 12.0. The maximum atomic E-state index is 11.5. The van der Waals surface area contributed by atoms with E-state index in [0.717, 1.165) is 27.7 Å². The Labute approximate surface area is 263 Å². The largest absolute Gasteiger partial charge is 0.497 e. The second-order valence-corrected chi connectivity index (χ2v) is 13.1. The van der Waals surface area contributed by atoms with Crippen LogP contribution in [0.1, 0.15) is 58.1 Å². The molecule has 234 valence electrons. The van der Waals surface area contributed by atoms with E-state index < -0.39 is 10.0 Å². The predicted molar refractivity (Wildman–Crippen MR) is 173 cm³/mol. The summed E-state index contributed by atoms with van der Waals surface area (Å²) in [7, 11) is -1.65. The molecule has 44 heavy (non-hydrogen) atoms. The van der Waals surface area contributed by atoms with Crippen LogP contribution in [0.25, 0.3) is 22.0 Å². The highest BCUT2D eigenvalue weighted by molar-refractivity contribution is 7.89. The third kappa shape index (κ3) is 9.69. The van der Waals surface area contributed by atoms with Gasteiger partial charge in [0, 0.05) is 29.1 Å². The summed E-state index contributed by atoms with van der Waals surface area (Å²) >= 11 is 1.57. The van der Waals surface area contributed by atoms with Gasteiger partial charge in [0.05, 0.1) is 24.3 Å². The van der Waals surface area contributed by atoms with Gasteiger partial charge in [-0.15, -0.1) is 16.4 Å². The molecule has 0 saturated carbocycles. The Balaban J connectivity index is 0.000000197. The van der Waals surface area contributed by atoms with E-state index in [2.05, 4.69) is 33.8 Å². The molecule has 2 aromatic carbocycles. The Bertz CT molecular complexity index is 1660. The summed E-state index contributed by atoms with van der Waals surface area (Å²) in [6.45, 7) is 11.4. The van der Waals surface area contributed by atoms with Crippen LogP contribution >= 0.6 is 11.3 Å². The molecule has 0 fully saturated rings. The zero-order chi connectivity index (χ0) is 32.3. The fraction of sp³-hybridized carbons (Fsp3) is 0.312. The van der Waals surface area contributed by atoms with Gasteiger partial charge in [-0.25, -0.2) is 18.1 Å². The van der Waals surface area contributed by atoms with Crippen molar-refractivity contribution in [1.29, 1.82) is 0 Å². The number of furan rings is 1. The zero-order valence-corrected chi connectivity index (χ0v) is 27.6. The van der Waals surface area contributed by atoms with Gasteiger partial charge in [-0.2, -0.15) is 9.90 Å². The number of carbonyl (C=O) groups excluding carboxylic acids is 1. The monoisotopic (exact) mass is 637 g/mol. The normalized spacial score (nSPS) is 11.1. The lowest BCUT2D eigenvalue weighted by Gasteiger charge is -2.08. The molecule has 0 unspecified atom stereocenters. The Morgan fingerprint density at radius 1 is 0.909 bits per heavy atom. The van der Waals surface area contributed by atoms with E-state index in [4.69, 9.17) is 9.15 Å². The average Bonchev–Trinajstić information content (AvgIpc) is 3.79. The van der Waals surface area contributed by atoms with Crippen LogP contribution in [0.5, 0.6) is 5.75 Å². The molecule has 0 bridgehead atoms.